The monoisotopic (exact) mass is 446 g/mol. The lowest BCUT2D eigenvalue weighted by Gasteiger charge is -2.20. The van der Waals surface area contributed by atoms with Crippen LogP contribution in [-0.4, -0.2) is 0 Å². The third-order valence-corrected chi connectivity index (χ3v) is 9.47. The Hall–Kier alpha value is -3.26. The van der Waals surface area contributed by atoms with Gasteiger partial charge >= 0.3 is 0 Å². The van der Waals surface area contributed by atoms with Crippen LogP contribution in [0.4, 0.5) is 0 Å². The zero-order valence-corrected chi connectivity index (χ0v) is 21.8. The number of rotatable bonds is 0. The van der Waals surface area contributed by atoms with Gasteiger partial charge in [-0.3, -0.25) is 9.59 Å². The Morgan fingerprint density at radius 3 is 0.824 bits per heavy atom. The van der Waals surface area contributed by atoms with E-state index >= 15 is 0 Å². The van der Waals surface area contributed by atoms with Crippen LogP contribution in [0.25, 0.3) is 53.9 Å². The molecule has 2 nitrogen and oxygen atoms in total. The van der Waals surface area contributed by atoms with E-state index in [1.54, 1.807) is 0 Å². The molecule has 0 aliphatic carbocycles. The third kappa shape index (κ3) is 2.02. The van der Waals surface area contributed by atoms with Crippen molar-refractivity contribution >= 4 is 53.9 Å². The lowest BCUT2D eigenvalue weighted by Crippen LogP contribution is -2.18. The van der Waals surface area contributed by atoms with E-state index in [-0.39, 0.29) is 10.9 Å². The maximum absolute atomic E-state index is 13.2. The van der Waals surface area contributed by atoms with Gasteiger partial charge in [0.05, 0.1) is 0 Å². The van der Waals surface area contributed by atoms with Gasteiger partial charge in [-0.05, 0) is 163 Å². The first-order valence-electron chi connectivity index (χ1n) is 12.2. The molecule has 34 heavy (non-hydrogen) atoms. The Balaban J connectivity index is 2.16. The number of aryl methyl sites for hydroxylation is 8. The highest BCUT2D eigenvalue weighted by Crippen LogP contribution is 2.51. The van der Waals surface area contributed by atoms with Crippen molar-refractivity contribution in [2.24, 2.45) is 0 Å². The van der Waals surface area contributed by atoms with Crippen molar-refractivity contribution in [1.29, 1.82) is 0 Å². The fourth-order valence-corrected chi connectivity index (χ4v) is 7.17. The lowest BCUT2D eigenvalue weighted by atomic mass is 9.84. The molecule has 0 radical (unpaired) electrons. The topological polar surface area (TPSA) is 34.1 Å². The summed E-state index contributed by atoms with van der Waals surface area (Å²) in [5.74, 6) is 0. The molecule has 0 atom stereocenters. The minimum absolute atomic E-state index is 0.339. The molecule has 0 aliphatic heterocycles. The first kappa shape index (κ1) is 21.3. The molecule has 0 amide bonds. The van der Waals surface area contributed by atoms with Crippen LogP contribution in [0.5, 0.6) is 0 Å². The van der Waals surface area contributed by atoms with Crippen LogP contribution in [0, 0.1) is 69.2 Å². The SMILES string of the molecule is Cc1c(C)c(C)c2c(C)c3c(c(C)c2c1C)c1c(C)c(C)c2c(=O)c(=O)c4c(C)c(C)c3c1c24. The van der Waals surface area contributed by atoms with Gasteiger partial charge in [-0.15, -0.1) is 0 Å². The summed E-state index contributed by atoms with van der Waals surface area (Å²) in [6.45, 7) is 21.8. The zero-order valence-electron chi connectivity index (χ0n) is 21.8. The summed E-state index contributed by atoms with van der Waals surface area (Å²) in [5.41, 5.74) is 11.5. The third-order valence-electron chi connectivity index (χ3n) is 9.47. The Kier molecular flexibility index (Phi) is 3.91. The van der Waals surface area contributed by atoms with Gasteiger partial charge in [0.25, 0.3) is 0 Å². The molecule has 0 spiro atoms. The van der Waals surface area contributed by atoms with Gasteiger partial charge < -0.3 is 0 Å². The molecule has 6 aromatic rings. The van der Waals surface area contributed by atoms with Gasteiger partial charge in [0.1, 0.15) is 0 Å². The highest BCUT2D eigenvalue weighted by atomic mass is 16.2. The van der Waals surface area contributed by atoms with Crippen LogP contribution in [0.2, 0.25) is 0 Å². The van der Waals surface area contributed by atoms with Gasteiger partial charge in [0, 0.05) is 16.2 Å². The average molecular weight is 447 g/mol. The summed E-state index contributed by atoms with van der Waals surface area (Å²) >= 11 is 0. The van der Waals surface area contributed by atoms with Crippen molar-refractivity contribution in [3.63, 3.8) is 0 Å². The number of benzene rings is 4. The number of hydrogen-bond donors (Lipinski definition) is 0. The van der Waals surface area contributed by atoms with Crippen LogP contribution in [0.15, 0.2) is 9.59 Å². The summed E-state index contributed by atoms with van der Waals surface area (Å²) < 4.78 is 0. The van der Waals surface area contributed by atoms with Crippen LogP contribution >= 0.6 is 0 Å². The molecular weight excluding hydrogens is 416 g/mol. The van der Waals surface area contributed by atoms with Crippen molar-refractivity contribution in [2.45, 2.75) is 69.2 Å². The molecule has 170 valence electrons. The highest BCUT2D eigenvalue weighted by Gasteiger charge is 2.29. The van der Waals surface area contributed by atoms with Crippen molar-refractivity contribution < 1.29 is 0 Å². The summed E-state index contributed by atoms with van der Waals surface area (Å²) in [6, 6.07) is 0. The molecule has 0 heterocycles. The minimum Gasteiger partial charge on any atom is -0.285 e. The van der Waals surface area contributed by atoms with Crippen LogP contribution in [0.1, 0.15) is 55.6 Å². The Morgan fingerprint density at radius 2 is 0.471 bits per heavy atom. The highest BCUT2D eigenvalue weighted by molar-refractivity contribution is 6.40. The maximum Gasteiger partial charge on any atom is 0.234 e. The first-order valence-corrected chi connectivity index (χ1v) is 12.2. The molecule has 0 saturated carbocycles. The van der Waals surface area contributed by atoms with Crippen molar-refractivity contribution in [1.82, 2.24) is 0 Å². The van der Waals surface area contributed by atoms with E-state index in [0.717, 1.165) is 33.0 Å². The van der Waals surface area contributed by atoms with Gasteiger partial charge in [0.15, 0.2) is 0 Å². The molecule has 0 saturated heterocycles. The van der Waals surface area contributed by atoms with Gasteiger partial charge in [-0.1, -0.05) is 0 Å². The molecule has 0 aliphatic rings. The minimum atomic E-state index is -0.339. The van der Waals surface area contributed by atoms with Crippen LogP contribution in [0.3, 0.4) is 0 Å². The predicted molar refractivity (Wildman–Crippen MR) is 147 cm³/mol. The Morgan fingerprint density at radius 1 is 0.235 bits per heavy atom. The maximum atomic E-state index is 13.2. The molecule has 0 bridgehead atoms. The van der Waals surface area contributed by atoms with E-state index in [1.807, 2.05) is 13.8 Å². The molecule has 6 rings (SSSR count). The normalized spacial score (nSPS) is 12.6. The predicted octanol–water partition coefficient (Wildman–Crippen LogP) is 7.57. The second-order valence-corrected chi connectivity index (χ2v) is 10.7. The molecular formula is C32H30O2. The Bertz CT molecular complexity index is 1880. The van der Waals surface area contributed by atoms with Crippen molar-refractivity contribution in [3.05, 3.63) is 76.1 Å². The molecule has 2 heteroatoms. The smallest absolute Gasteiger partial charge is 0.234 e. The summed E-state index contributed by atoms with van der Waals surface area (Å²) in [7, 11) is 0. The summed E-state index contributed by atoms with van der Waals surface area (Å²) in [4.78, 5) is 26.3. The summed E-state index contributed by atoms with van der Waals surface area (Å²) in [5, 5.41) is 11.0. The quantitative estimate of drug-likeness (QED) is 0.225. The number of hydrogen-bond acceptors (Lipinski definition) is 2. The van der Waals surface area contributed by atoms with Crippen LogP contribution < -0.4 is 10.9 Å². The van der Waals surface area contributed by atoms with Gasteiger partial charge in [0.2, 0.25) is 10.9 Å². The first-order chi connectivity index (χ1) is 15.9. The van der Waals surface area contributed by atoms with E-state index in [1.165, 1.54) is 65.7 Å². The fraction of sp³-hybridized carbons (Fsp3) is 0.312. The fourth-order valence-electron chi connectivity index (χ4n) is 7.17. The second kappa shape index (κ2) is 6.24. The summed E-state index contributed by atoms with van der Waals surface area (Å²) in [6.07, 6.45) is 0. The molecule has 0 fully saturated rings. The van der Waals surface area contributed by atoms with Crippen molar-refractivity contribution in [3.8, 4) is 0 Å². The Labute approximate surface area is 199 Å². The molecule has 6 aromatic carbocycles. The van der Waals surface area contributed by atoms with Crippen LogP contribution in [-0.2, 0) is 0 Å². The average Bonchev–Trinajstić information content (AvgIpc) is 3.29. The van der Waals surface area contributed by atoms with Gasteiger partial charge in [-0.2, -0.15) is 0 Å². The zero-order chi connectivity index (χ0) is 24.7. The van der Waals surface area contributed by atoms with E-state index < -0.39 is 0 Å². The molecule has 0 aromatic heterocycles. The van der Waals surface area contributed by atoms with E-state index in [4.69, 9.17) is 0 Å². The van der Waals surface area contributed by atoms with E-state index in [9.17, 15) is 9.59 Å². The lowest BCUT2D eigenvalue weighted by molar-refractivity contribution is 1.24. The van der Waals surface area contributed by atoms with E-state index in [0.29, 0.717) is 10.8 Å². The van der Waals surface area contributed by atoms with E-state index in [2.05, 4.69) is 55.4 Å². The van der Waals surface area contributed by atoms with Gasteiger partial charge in [-0.25, -0.2) is 0 Å². The number of fused-ring (bicyclic) bond motifs is 4. The standard InChI is InChI=1S/C32H30O2/c1-11-12(2)14(4)22-20(10)26-24-16(6)18(8)28-30-27(31(33)32(28)34)17(7)15(5)23(29(24)30)25(26)19(9)21(22)13(11)3/h1-10H3. The molecule has 0 unspecified atom stereocenters. The molecule has 0 N–H and O–H groups in total. The largest absolute Gasteiger partial charge is 0.285 e. The second-order valence-electron chi connectivity index (χ2n) is 10.7. The van der Waals surface area contributed by atoms with Crippen molar-refractivity contribution in [2.75, 3.05) is 0 Å².